The first-order valence-corrected chi connectivity index (χ1v) is 11.9. The molecule has 0 N–H and O–H groups in total. The molecule has 2 heterocycles. The van der Waals surface area contributed by atoms with E-state index in [4.69, 9.17) is 0 Å². The predicted molar refractivity (Wildman–Crippen MR) is 118 cm³/mol. The monoisotopic (exact) mass is 421 g/mol. The lowest BCUT2D eigenvalue weighted by molar-refractivity contribution is 0.576. The maximum absolute atomic E-state index is 13.3. The number of pyridine rings is 1. The third kappa shape index (κ3) is 3.71. The van der Waals surface area contributed by atoms with Crippen molar-refractivity contribution in [3.05, 3.63) is 70.1 Å². The highest BCUT2D eigenvalue weighted by Crippen LogP contribution is 2.31. The topological polar surface area (TPSA) is 83.2 Å². The maximum atomic E-state index is 13.3. The molecule has 0 bridgehead atoms. The number of piperidine rings is 1. The molecule has 6 nitrogen and oxygen atoms in total. The van der Waals surface area contributed by atoms with Crippen LogP contribution in [0.2, 0.25) is 0 Å². The zero-order valence-corrected chi connectivity index (χ0v) is 17.7. The van der Waals surface area contributed by atoms with Crippen molar-refractivity contribution in [3.63, 3.8) is 0 Å². The van der Waals surface area contributed by atoms with Crippen molar-refractivity contribution in [1.82, 2.24) is 4.57 Å². The van der Waals surface area contributed by atoms with Gasteiger partial charge in [0.15, 0.2) is 9.84 Å². The number of anilines is 1. The fraction of sp³-hybridized carbons (Fsp3) is 0.304. The number of fused-ring (bicyclic) bond motifs is 1. The van der Waals surface area contributed by atoms with Crippen LogP contribution in [0.3, 0.4) is 0 Å². The van der Waals surface area contributed by atoms with Crippen LogP contribution in [0.1, 0.15) is 30.5 Å². The van der Waals surface area contributed by atoms with Crippen molar-refractivity contribution < 1.29 is 8.42 Å². The number of sulfone groups is 1. The Morgan fingerprint density at radius 1 is 0.967 bits per heavy atom. The Balaban J connectivity index is 1.88. The molecule has 0 unspecified atom stereocenters. The number of benzene rings is 2. The number of hydrogen-bond donors (Lipinski definition) is 0. The zero-order chi connectivity index (χ0) is 21.3. The summed E-state index contributed by atoms with van der Waals surface area (Å²) < 4.78 is 25.0. The standard InChI is InChI=1S/C23H23N3O3S/c1-30(28,29)18-11-9-17(10-12-18)16-26-21(15-24)22(25-13-5-2-6-14-25)19-7-3-4-8-20(19)23(26)27/h3-4,7-12H,2,5-6,13-14,16H2,1H3. The van der Waals surface area contributed by atoms with Gasteiger partial charge in [-0.25, -0.2) is 8.42 Å². The van der Waals surface area contributed by atoms with Crippen molar-refractivity contribution in [2.45, 2.75) is 30.7 Å². The second-order valence-corrected chi connectivity index (χ2v) is 9.73. The van der Waals surface area contributed by atoms with Gasteiger partial charge >= 0.3 is 0 Å². The molecule has 0 aliphatic carbocycles. The number of nitriles is 1. The van der Waals surface area contributed by atoms with Gasteiger partial charge in [0.25, 0.3) is 5.56 Å². The van der Waals surface area contributed by atoms with Crippen LogP contribution in [0.25, 0.3) is 10.8 Å². The van der Waals surface area contributed by atoms with Crippen molar-refractivity contribution in [1.29, 1.82) is 5.26 Å². The molecular weight excluding hydrogens is 398 g/mol. The van der Waals surface area contributed by atoms with Crippen LogP contribution in [-0.4, -0.2) is 32.3 Å². The van der Waals surface area contributed by atoms with E-state index in [1.54, 1.807) is 18.2 Å². The molecule has 2 aromatic carbocycles. The summed E-state index contributed by atoms with van der Waals surface area (Å²) in [6.45, 7) is 1.93. The molecule has 0 amide bonds. The zero-order valence-electron chi connectivity index (χ0n) is 16.8. The summed E-state index contributed by atoms with van der Waals surface area (Å²) in [4.78, 5) is 15.7. The van der Waals surface area contributed by atoms with Crippen LogP contribution in [0.4, 0.5) is 5.69 Å². The Bertz CT molecular complexity index is 1300. The van der Waals surface area contributed by atoms with Gasteiger partial charge in [-0.15, -0.1) is 0 Å². The minimum absolute atomic E-state index is 0.206. The molecule has 1 aliphatic heterocycles. The molecular formula is C23H23N3O3S. The van der Waals surface area contributed by atoms with Gasteiger partial charge in [-0.1, -0.05) is 30.3 Å². The van der Waals surface area contributed by atoms with E-state index < -0.39 is 9.84 Å². The Hall–Kier alpha value is -3.11. The van der Waals surface area contributed by atoms with E-state index in [2.05, 4.69) is 11.0 Å². The summed E-state index contributed by atoms with van der Waals surface area (Å²) in [7, 11) is -3.29. The summed E-state index contributed by atoms with van der Waals surface area (Å²) in [5.41, 5.74) is 1.73. The smallest absolute Gasteiger partial charge is 0.259 e. The highest BCUT2D eigenvalue weighted by molar-refractivity contribution is 7.90. The van der Waals surface area contributed by atoms with Gasteiger partial charge in [0.1, 0.15) is 11.8 Å². The first-order chi connectivity index (χ1) is 14.4. The largest absolute Gasteiger partial charge is 0.369 e. The molecule has 4 rings (SSSR count). The summed E-state index contributed by atoms with van der Waals surface area (Å²) in [5, 5.41) is 11.4. The summed E-state index contributed by atoms with van der Waals surface area (Å²) >= 11 is 0. The molecule has 154 valence electrons. The molecule has 0 radical (unpaired) electrons. The Labute approximate surface area is 175 Å². The third-order valence-corrected chi connectivity index (χ3v) is 6.75. The fourth-order valence-electron chi connectivity index (χ4n) is 4.10. The van der Waals surface area contributed by atoms with E-state index >= 15 is 0 Å². The highest BCUT2D eigenvalue weighted by Gasteiger charge is 2.22. The SMILES string of the molecule is CS(=O)(=O)c1ccc(Cn2c(C#N)c(N3CCCCC3)c3ccccc3c2=O)cc1. The molecule has 0 atom stereocenters. The predicted octanol–water partition coefficient (Wildman–Crippen LogP) is 3.32. The number of rotatable bonds is 4. The van der Waals surface area contributed by atoms with E-state index in [-0.39, 0.29) is 17.0 Å². The molecule has 3 aromatic rings. The van der Waals surface area contributed by atoms with E-state index in [1.165, 1.54) is 23.1 Å². The lowest BCUT2D eigenvalue weighted by Gasteiger charge is -2.31. The van der Waals surface area contributed by atoms with Crippen LogP contribution in [0.5, 0.6) is 0 Å². The van der Waals surface area contributed by atoms with Gasteiger partial charge in [-0.2, -0.15) is 5.26 Å². The third-order valence-electron chi connectivity index (χ3n) is 5.62. The first-order valence-electron chi connectivity index (χ1n) is 10.00. The first kappa shape index (κ1) is 20.2. The lowest BCUT2D eigenvalue weighted by atomic mass is 10.0. The van der Waals surface area contributed by atoms with Gasteiger partial charge in [-0.3, -0.25) is 9.36 Å². The molecule has 1 fully saturated rings. The summed E-state index contributed by atoms with van der Waals surface area (Å²) in [6, 6.07) is 16.2. The van der Waals surface area contributed by atoms with Crippen LogP contribution in [0.15, 0.2) is 58.2 Å². The van der Waals surface area contributed by atoms with Gasteiger partial charge in [0.05, 0.1) is 17.1 Å². The Kier molecular flexibility index (Phi) is 5.35. The van der Waals surface area contributed by atoms with Gasteiger partial charge in [-0.05, 0) is 43.0 Å². The van der Waals surface area contributed by atoms with Gasteiger partial charge in [0, 0.05) is 30.1 Å². The number of nitrogens with zero attached hydrogens (tertiary/aromatic N) is 3. The van der Waals surface area contributed by atoms with Crippen molar-refractivity contribution in [2.24, 2.45) is 0 Å². The number of aromatic nitrogens is 1. The van der Waals surface area contributed by atoms with Crippen LogP contribution >= 0.6 is 0 Å². The molecule has 7 heteroatoms. The van der Waals surface area contributed by atoms with Crippen LogP contribution < -0.4 is 10.5 Å². The maximum Gasteiger partial charge on any atom is 0.259 e. The number of hydrogen-bond acceptors (Lipinski definition) is 5. The Morgan fingerprint density at radius 3 is 2.20 bits per heavy atom. The average Bonchev–Trinajstić information content (AvgIpc) is 2.76. The summed E-state index contributed by atoms with van der Waals surface area (Å²) in [5.74, 6) is 0. The Morgan fingerprint density at radius 2 is 1.60 bits per heavy atom. The van der Waals surface area contributed by atoms with Crippen molar-refractivity contribution in [3.8, 4) is 6.07 Å². The van der Waals surface area contributed by atoms with Crippen LogP contribution in [-0.2, 0) is 16.4 Å². The summed E-state index contributed by atoms with van der Waals surface area (Å²) in [6.07, 6.45) is 4.45. The molecule has 0 saturated carbocycles. The molecule has 1 aromatic heterocycles. The average molecular weight is 422 g/mol. The van der Waals surface area contributed by atoms with Crippen LogP contribution in [0, 0.1) is 11.3 Å². The van der Waals surface area contributed by atoms with E-state index in [0.717, 1.165) is 48.8 Å². The van der Waals surface area contributed by atoms with Crippen molar-refractivity contribution >= 4 is 26.3 Å². The van der Waals surface area contributed by atoms with E-state index in [9.17, 15) is 18.5 Å². The second kappa shape index (κ2) is 7.96. The van der Waals surface area contributed by atoms with Gasteiger partial charge < -0.3 is 4.90 Å². The minimum atomic E-state index is -3.29. The lowest BCUT2D eigenvalue weighted by Crippen LogP contribution is -2.33. The second-order valence-electron chi connectivity index (χ2n) is 7.71. The highest BCUT2D eigenvalue weighted by atomic mass is 32.2. The molecule has 1 saturated heterocycles. The van der Waals surface area contributed by atoms with E-state index in [1.807, 2.05) is 18.2 Å². The van der Waals surface area contributed by atoms with Crippen molar-refractivity contribution in [2.75, 3.05) is 24.2 Å². The molecule has 1 aliphatic rings. The normalized spacial score (nSPS) is 14.6. The molecule has 30 heavy (non-hydrogen) atoms. The van der Waals surface area contributed by atoms with Gasteiger partial charge in [0.2, 0.25) is 0 Å². The van der Waals surface area contributed by atoms with E-state index in [0.29, 0.717) is 11.1 Å². The minimum Gasteiger partial charge on any atom is -0.369 e. The molecule has 0 spiro atoms. The fourth-order valence-corrected chi connectivity index (χ4v) is 4.74. The quantitative estimate of drug-likeness (QED) is 0.645.